The molecule has 3 N–H and O–H groups in total. The molecule has 2 aromatic rings. The Kier molecular flexibility index (Phi) is 5.08. The number of aromatic carboxylic acids is 1. The third-order valence-corrected chi connectivity index (χ3v) is 3.85. The molecule has 1 heterocycles. The van der Waals surface area contributed by atoms with Gasteiger partial charge in [-0.05, 0) is 29.1 Å². The van der Waals surface area contributed by atoms with Crippen LogP contribution in [0.1, 0.15) is 25.6 Å². The molecule has 1 aromatic carbocycles. The molecule has 21 heavy (non-hydrogen) atoms. The summed E-state index contributed by atoms with van der Waals surface area (Å²) < 4.78 is 0. The second kappa shape index (κ2) is 7.01. The van der Waals surface area contributed by atoms with Crippen molar-refractivity contribution < 1.29 is 14.7 Å². The number of carboxylic acid groups (broad SMARTS) is 1. The van der Waals surface area contributed by atoms with Crippen LogP contribution in [0.3, 0.4) is 0 Å². The number of benzene rings is 1. The fraction of sp³-hybridized carbons (Fsp3) is 0.200. The first-order chi connectivity index (χ1) is 10.1. The van der Waals surface area contributed by atoms with Crippen LogP contribution >= 0.6 is 11.3 Å². The van der Waals surface area contributed by atoms with Gasteiger partial charge in [-0.1, -0.05) is 18.2 Å². The Morgan fingerprint density at radius 2 is 1.90 bits per heavy atom. The summed E-state index contributed by atoms with van der Waals surface area (Å²) in [5.41, 5.74) is 6.67. The highest BCUT2D eigenvalue weighted by Gasteiger charge is 2.16. The zero-order chi connectivity index (χ0) is 15.2. The van der Waals surface area contributed by atoms with Crippen molar-refractivity contribution in [3.05, 3.63) is 57.8 Å². The predicted octanol–water partition coefficient (Wildman–Crippen LogP) is 2.05. The molecule has 0 aliphatic rings. The van der Waals surface area contributed by atoms with E-state index in [1.807, 2.05) is 11.4 Å². The number of carbonyl (C=O) groups is 2. The van der Waals surface area contributed by atoms with Crippen LogP contribution in [-0.4, -0.2) is 35.0 Å². The van der Waals surface area contributed by atoms with Gasteiger partial charge in [0, 0.05) is 19.6 Å². The average Bonchev–Trinajstić information content (AvgIpc) is 3.01. The highest BCUT2D eigenvalue weighted by atomic mass is 32.1. The Morgan fingerprint density at radius 1 is 1.19 bits per heavy atom. The molecule has 6 heteroatoms. The average molecular weight is 304 g/mol. The summed E-state index contributed by atoms with van der Waals surface area (Å²) in [6, 6.07) is 10.1. The molecule has 1 aromatic heterocycles. The maximum atomic E-state index is 12.4. The third kappa shape index (κ3) is 3.90. The van der Waals surface area contributed by atoms with Gasteiger partial charge in [0.15, 0.2) is 0 Å². The molecule has 0 fully saturated rings. The Bertz CT molecular complexity index is 608. The second-order valence-electron chi connectivity index (χ2n) is 4.49. The quantitative estimate of drug-likeness (QED) is 0.855. The summed E-state index contributed by atoms with van der Waals surface area (Å²) >= 11 is 1.39. The molecule has 0 aliphatic carbocycles. The zero-order valence-corrected chi connectivity index (χ0v) is 12.2. The second-order valence-corrected chi connectivity index (χ2v) is 5.44. The third-order valence-electron chi connectivity index (χ3n) is 2.99. The minimum atomic E-state index is -0.963. The van der Waals surface area contributed by atoms with Gasteiger partial charge in [0.1, 0.15) is 0 Å². The lowest BCUT2D eigenvalue weighted by atomic mass is 10.1. The zero-order valence-electron chi connectivity index (χ0n) is 11.4. The first-order valence-corrected chi connectivity index (χ1v) is 7.35. The molecule has 1 amide bonds. The molecule has 110 valence electrons. The van der Waals surface area contributed by atoms with Crippen LogP contribution in [0.15, 0.2) is 41.8 Å². The molecular formula is C15H16N2O3S. The predicted molar refractivity (Wildman–Crippen MR) is 81.5 cm³/mol. The number of hydrogen-bond acceptors (Lipinski definition) is 4. The van der Waals surface area contributed by atoms with E-state index in [-0.39, 0.29) is 11.5 Å². The smallest absolute Gasteiger partial charge is 0.335 e. The Labute approximate surface area is 126 Å². The number of rotatable bonds is 6. The van der Waals surface area contributed by atoms with Gasteiger partial charge in [0.2, 0.25) is 0 Å². The monoisotopic (exact) mass is 304 g/mol. The van der Waals surface area contributed by atoms with Crippen LogP contribution in [0.2, 0.25) is 0 Å². The minimum Gasteiger partial charge on any atom is -0.478 e. The molecule has 0 saturated carbocycles. The van der Waals surface area contributed by atoms with Gasteiger partial charge in [-0.2, -0.15) is 0 Å². The van der Waals surface area contributed by atoms with E-state index >= 15 is 0 Å². The summed E-state index contributed by atoms with van der Waals surface area (Å²) in [6.07, 6.45) is 0. The number of hydrogen-bond donors (Lipinski definition) is 2. The summed E-state index contributed by atoms with van der Waals surface area (Å²) in [5, 5.41) is 10.7. The fourth-order valence-corrected chi connectivity index (χ4v) is 2.63. The lowest BCUT2D eigenvalue weighted by molar-refractivity contribution is 0.0694. The van der Waals surface area contributed by atoms with Crippen molar-refractivity contribution in [3.8, 4) is 0 Å². The topological polar surface area (TPSA) is 83.6 Å². The summed E-state index contributed by atoms with van der Waals surface area (Å²) in [5.74, 6) is -1.02. The van der Waals surface area contributed by atoms with E-state index in [9.17, 15) is 9.59 Å². The molecule has 0 bridgehead atoms. The lowest BCUT2D eigenvalue weighted by Crippen LogP contribution is -2.34. The molecule has 2 rings (SSSR count). The molecule has 0 unspecified atom stereocenters. The van der Waals surface area contributed by atoms with Crippen LogP contribution in [0.5, 0.6) is 0 Å². The molecule has 0 atom stereocenters. The minimum absolute atomic E-state index is 0.0576. The number of thiophene rings is 1. The summed E-state index contributed by atoms with van der Waals surface area (Å²) in [4.78, 5) is 25.5. The molecule has 0 aliphatic heterocycles. The molecule has 5 nitrogen and oxygen atoms in total. The van der Waals surface area contributed by atoms with Crippen molar-refractivity contribution in [3.63, 3.8) is 0 Å². The van der Waals surface area contributed by atoms with E-state index in [1.54, 1.807) is 23.1 Å². The van der Waals surface area contributed by atoms with Gasteiger partial charge < -0.3 is 15.7 Å². The number of amides is 1. The van der Waals surface area contributed by atoms with Crippen molar-refractivity contribution in [1.82, 2.24) is 4.90 Å². The van der Waals surface area contributed by atoms with Gasteiger partial charge in [0.25, 0.3) is 5.91 Å². The number of carbonyl (C=O) groups excluding carboxylic acids is 1. The maximum absolute atomic E-state index is 12.4. The van der Waals surface area contributed by atoms with E-state index < -0.39 is 5.97 Å². The van der Waals surface area contributed by atoms with E-state index in [4.69, 9.17) is 10.8 Å². The lowest BCUT2D eigenvalue weighted by Gasteiger charge is -2.21. The van der Waals surface area contributed by atoms with Gasteiger partial charge in [0.05, 0.1) is 10.4 Å². The van der Waals surface area contributed by atoms with Crippen LogP contribution in [0.25, 0.3) is 0 Å². The van der Waals surface area contributed by atoms with E-state index in [0.717, 1.165) is 5.56 Å². The molecule has 0 saturated heterocycles. The van der Waals surface area contributed by atoms with E-state index in [1.165, 1.54) is 23.5 Å². The Balaban J connectivity index is 2.12. The maximum Gasteiger partial charge on any atom is 0.335 e. The Hall–Kier alpha value is -2.18. The Morgan fingerprint density at radius 3 is 2.43 bits per heavy atom. The fourth-order valence-electron chi connectivity index (χ4n) is 1.94. The number of carboxylic acids is 1. The van der Waals surface area contributed by atoms with Crippen molar-refractivity contribution in [1.29, 1.82) is 0 Å². The van der Waals surface area contributed by atoms with Gasteiger partial charge in [-0.3, -0.25) is 4.79 Å². The van der Waals surface area contributed by atoms with E-state index in [0.29, 0.717) is 24.5 Å². The normalized spacial score (nSPS) is 10.3. The van der Waals surface area contributed by atoms with Crippen molar-refractivity contribution in [2.45, 2.75) is 6.54 Å². The largest absolute Gasteiger partial charge is 0.478 e. The first kappa shape index (κ1) is 15.2. The summed E-state index contributed by atoms with van der Waals surface area (Å²) in [6.45, 7) is 1.25. The molecular weight excluding hydrogens is 288 g/mol. The van der Waals surface area contributed by atoms with Crippen LogP contribution in [-0.2, 0) is 6.54 Å². The van der Waals surface area contributed by atoms with Crippen LogP contribution in [0.4, 0.5) is 0 Å². The molecule has 0 radical (unpaired) electrons. The van der Waals surface area contributed by atoms with Gasteiger partial charge >= 0.3 is 5.97 Å². The van der Waals surface area contributed by atoms with Crippen LogP contribution in [0, 0.1) is 0 Å². The first-order valence-electron chi connectivity index (χ1n) is 6.47. The molecule has 0 spiro atoms. The standard InChI is InChI=1S/C15H16N2O3S/c16-7-8-17(14(18)13-2-1-9-21-13)10-11-3-5-12(6-4-11)15(19)20/h1-6,9H,7-8,10,16H2,(H,19,20). The summed E-state index contributed by atoms with van der Waals surface area (Å²) in [7, 11) is 0. The van der Waals surface area contributed by atoms with Gasteiger partial charge in [-0.15, -0.1) is 11.3 Å². The van der Waals surface area contributed by atoms with Crippen molar-refractivity contribution >= 4 is 23.2 Å². The SMILES string of the molecule is NCCN(Cc1ccc(C(=O)O)cc1)C(=O)c1cccs1. The van der Waals surface area contributed by atoms with Crippen molar-refractivity contribution in [2.75, 3.05) is 13.1 Å². The number of nitrogens with two attached hydrogens (primary N) is 1. The van der Waals surface area contributed by atoms with Crippen molar-refractivity contribution in [2.24, 2.45) is 5.73 Å². The number of nitrogens with zero attached hydrogens (tertiary/aromatic N) is 1. The highest BCUT2D eigenvalue weighted by molar-refractivity contribution is 7.12. The van der Waals surface area contributed by atoms with Gasteiger partial charge in [-0.25, -0.2) is 4.79 Å². The highest BCUT2D eigenvalue weighted by Crippen LogP contribution is 2.15. The van der Waals surface area contributed by atoms with Crippen LogP contribution < -0.4 is 5.73 Å². The van der Waals surface area contributed by atoms with E-state index in [2.05, 4.69) is 0 Å².